The Labute approximate surface area is 129 Å². The van der Waals surface area contributed by atoms with E-state index in [1.165, 1.54) is 11.3 Å². The number of hydrogen-bond donors (Lipinski definition) is 2. The van der Waals surface area contributed by atoms with E-state index >= 15 is 0 Å². The molecular weight excluding hydrogens is 284 g/mol. The predicted octanol–water partition coefficient (Wildman–Crippen LogP) is 3.01. The highest BCUT2D eigenvalue weighted by Crippen LogP contribution is 2.39. The molecule has 1 fully saturated rings. The van der Waals surface area contributed by atoms with Gasteiger partial charge in [-0.25, -0.2) is 0 Å². The minimum absolute atomic E-state index is 0.0921. The van der Waals surface area contributed by atoms with E-state index in [-0.39, 0.29) is 11.7 Å². The Hall–Kier alpha value is -1.36. The number of nitrogen functional groups attached to an aromatic ring is 1. The van der Waals surface area contributed by atoms with Crippen LogP contribution in [0.4, 0.5) is 5.00 Å². The highest BCUT2D eigenvalue weighted by molar-refractivity contribution is 7.18. The van der Waals surface area contributed by atoms with Crippen LogP contribution in [0.15, 0.2) is 0 Å². The lowest BCUT2D eigenvalue weighted by molar-refractivity contribution is 0.0944. The molecule has 0 radical (unpaired) electrons. The summed E-state index contributed by atoms with van der Waals surface area (Å²) in [7, 11) is 0. The van der Waals surface area contributed by atoms with Crippen molar-refractivity contribution in [2.75, 3.05) is 5.73 Å². The minimum Gasteiger partial charge on any atom is -0.390 e. The zero-order valence-corrected chi connectivity index (χ0v) is 13.4. The Bertz CT molecular complexity index is 587. The second kappa shape index (κ2) is 5.44. The molecule has 3 rings (SSSR count). The summed E-state index contributed by atoms with van der Waals surface area (Å²) in [4.78, 5) is 25.4. The number of carbonyl (C=O) groups is 2. The molecule has 3 N–H and O–H groups in total. The number of nitrogens with one attached hydrogen (secondary N) is 1. The molecule has 4 nitrogen and oxygen atoms in total. The lowest BCUT2D eigenvalue weighted by Crippen LogP contribution is -2.28. The van der Waals surface area contributed by atoms with Crippen molar-refractivity contribution in [3.63, 3.8) is 0 Å². The van der Waals surface area contributed by atoms with Crippen molar-refractivity contribution in [2.45, 2.75) is 52.0 Å². The van der Waals surface area contributed by atoms with Gasteiger partial charge in [-0.2, -0.15) is 0 Å². The van der Waals surface area contributed by atoms with Crippen LogP contribution in [-0.4, -0.2) is 17.7 Å². The molecular formula is C16H22N2O2S. The monoisotopic (exact) mass is 306 g/mol. The number of Topliss-reactive ketones (excluding diaryl/α,β-unsaturated/α-hetero) is 1. The lowest BCUT2D eigenvalue weighted by Gasteiger charge is -2.23. The van der Waals surface area contributed by atoms with Gasteiger partial charge in [0.2, 0.25) is 0 Å². The molecule has 1 amide bonds. The maximum absolute atomic E-state index is 12.4. The molecule has 2 aliphatic rings. The summed E-state index contributed by atoms with van der Waals surface area (Å²) >= 11 is 1.29. The van der Waals surface area contributed by atoms with Gasteiger partial charge in [0.05, 0.1) is 15.4 Å². The molecule has 1 aromatic rings. The van der Waals surface area contributed by atoms with Gasteiger partial charge in [0.1, 0.15) is 0 Å². The van der Waals surface area contributed by atoms with E-state index in [9.17, 15) is 9.59 Å². The van der Waals surface area contributed by atoms with Gasteiger partial charge in [0.15, 0.2) is 5.78 Å². The van der Waals surface area contributed by atoms with Gasteiger partial charge < -0.3 is 11.1 Å². The minimum atomic E-state index is -0.0921. The molecule has 0 bridgehead atoms. The third-order valence-corrected chi connectivity index (χ3v) is 5.30. The first-order valence-corrected chi connectivity index (χ1v) is 8.52. The molecule has 1 unspecified atom stereocenters. The number of thiophene rings is 1. The van der Waals surface area contributed by atoms with Crippen LogP contribution >= 0.6 is 11.3 Å². The third-order valence-electron chi connectivity index (χ3n) is 4.20. The number of nitrogens with two attached hydrogens (primary N) is 1. The molecule has 114 valence electrons. The first-order chi connectivity index (χ1) is 9.95. The van der Waals surface area contributed by atoms with Crippen LogP contribution in [0.3, 0.4) is 0 Å². The molecule has 21 heavy (non-hydrogen) atoms. The number of ketones is 1. The van der Waals surface area contributed by atoms with Crippen molar-refractivity contribution in [3.05, 3.63) is 16.0 Å². The Morgan fingerprint density at radius 2 is 2.10 bits per heavy atom. The SMILES string of the molecule is CC(C)CC1CC(=O)c2sc(N)c(C(=O)NC3CC3)c2C1. The standard InChI is InChI=1S/C16H22N2O2S/c1-8(2)5-9-6-11-13(16(20)18-10-3-4-10)15(17)21-14(11)12(19)7-9/h8-10H,3-7,17H2,1-2H3,(H,18,20). The zero-order valence-electron chi connectivity index (χ0n) is 12.6. The van der Waals surface area contributed by atoms with E-state index in [4.69, 9.17) is 5.73 Å². The summed E-state index contributed by atoms with van der Waals surface area (Å²) in [6.45, 7) is 4.34. The summed E-state index contributed by atoms with van der Waals surface area (Å²) in [5.41, 5.74) is 7.51. The predicted molar refractivity (Wildman–Crippen MR) is 84.8 cm³/mol. The summed E-state index contributed by atoms with van der Waals surface area (Å²) < 4.78 is 0. The van der Waals surface area contributed by atoms with E-state index in [1.54, 1.807) is 0 Å². The van der Waals surface area contributed by atoms with Crippen LogP contribution in [0, 0.1) is 11.8 Å². The molecule has 1 saturated carbocycles. The molecule has 1 aromatic heterocycles. The molecule has 5 heteroatoms. The number of rotatable bonds is 4. The first kappa shape index (κ1) is 14.6. The van der Waals surface area contributed by atoms with Gasteiger partial charge in [-0.15, -0.1) is 11.3 Å². The van der Waals surface area contributed by atoms with E-state index in [0.717, 1.165) is 31.2 Å². The Morgan fingerprint density at radius 3 is 2.71 bits per heavy atom. The van der Waals surface area contributed by atoms with Gasteiger partial charge in [0, 0.05) is 12.5 Å². The van der Waals surface area contributed by atoms with Crippen LogP contribution in [0.25, 0.3) is 0 Å². The van der Waals surface area contributed by atoms with Crippen molar-refractivity contribution in [3.8, 4) is 0 Å². The number of fused-ring (bicyclic) bond motifs is 1. The van der Waals surface area contributed by atoms with Crippen molar-refractivity contribution < 1.29 is 9.59 Å². The first-order valence-electron chi connectivity index (χ1n) is 7.71. The van der Waals surface area contributed by atoms with Gasteiger partial charge in [-0.1, -0.05) is 13.8 Å². The van der Waals surface area contributed by atoms with Crippen LogP contribution in [0.1, 0.15) is 65.1 Å². The summed E-state index contributed by atoms with van der Waals surface area (Å²) in [5, 5.41) is 3.49. The topological polar surface area (TPSA) is 72.2 Å². The van der Waals surface area contributed by atoms with E-state index < -0.39 is 0 Å². The Morgan fingerprint density at radius 1 is 1.38 bits per heavy atom. The van der Waals surface area contributed by atoms with Crippen LogP contribution in [0.2, 0.25) is 0 Å². The number of amides is 1. The second-order valence-corrected chi connectivity index (χ2v) is 7.78. The summed E-state index contributed by atoms with van der Waals surface area (Å²) in [6, 6.07) is 0.304. The Balaban J connectivity index is 1.89. The Kier molecular flexibility index (Phi) is 3.78. The van der Waals surface area contributed by atoms with Crippen LogP contribution < -0.4 is 11.1 Å². The van der Waals surface area contributed by atoms with E-state index in [1.807, 2.05) is 0 Å². The molecule has 0 aliphatic heterocycles. The average molecular weight is 306 g/mol. The van der Waals surface area contributed by atoms with Crippen LogP contribution in [0.5, 0.6) is 0 Å². The molecule has 2 aliphatic carbocycles. The normalized spacial score (nSPS) is 21.5. The molecule has 0 aromatic carbocycles. The van der Waals surface area contributed by atoms with Gasteiger partial charge >= 0.3 is 0 Å². The lowest BCUT2D eigenvalue weighted by atomic mass is 9.81. The summed E-state index contributed by atoms with van der Waals surface area (Å²) in [5.74, 6) is 0.963. The van der Waals surface area contributed by atoms with Gasteiger partial charge in [0.25, 0.3) is 5.91 Å². The van der Waals surface area contributed by atoms with Crippen LogP contribution in [-0.2, 0) is 6.42 Å². The highest BCUT2D eigenvalue weighted by atomic mass is 32.1. The average Bonchev–Trinajstić information content (AvgIpc) is 3.10. The highest BCUT2D eigenvalue weighted by Gasteiger charge is 2.34. The molecule has 0 spiro atoms. The maximum atomic E-state index is 12.4. The van der Waals surface area contributed by atoms with E-state index in [2.05, 4.69) is 19.2 Å². The van der Waals surface area contributed by atoms with Crippen molar-refractivity contribution in [1.82, 2.24) is 5.32 Å². The third kappa shape index (κ3) is 2.98. The fourth-order valence-electron chi connectivity index (χ4n) is 3.19. The summed E-state index contributed by atoms with van der Waals surface area (Å²) in [6.07, 6.45) is 4.51. The molecule has 0 saturated heterocycles. The smallest absolute Gasteiger partial charge is 0.254 e. The quantitative estimate of drug-likeness (QED) is 0.898. The van der Waals surface area contributed by atoms with Crippen molar-refractivity contribution in [2.24, 2.45) is 11.8 Å². The second-order valence-electron chi connectivity index (χ2n) is 6.72. The van der Waals surface area contributed by atoms with Crippen molar-refractivity contribution >= 4 is 28.0 Å². The maximum Gasteiger partial charge on any atom is 0.254 e. The number of hydrogen-bond acceptors (Lipinski definition) is 4. The van der Waals surface area contributed by atoms with Gasteiger partial charge in [-0.05, 0) is 43.1 Å². The fraction of sp³-hybridized carbons (Fsp3) is 0.625. The molecule has 1 atom stereocenters. The number of carbonyl (C=O) groups excluding carboxylic acids is 2. The van der Waals surface area contributed by atoms with Crippen molar-refractivity contribution in [1.29, 1.82) is 0 Å². The van der Waals surface area contributed by atoms with E-state index in [0.29, 0.717) is 39.7 Å². The largest absolute Gasteiger partial charge is 0.390 e. The number of anilines is 1. The molecule has 1 heterocycles. The fourth-order valence-corrected chi connectivity index (χ4v) is 4.23. The zero-order chi connectivity index (χ0) is 15.1. The van der Waals surface area contributed by atoms with Gasteiger partial charge in [-0.3, -0.25) is 9.59 Å².